The monoisotopic (exact) mass is 302 g/mol. The van der Waals surface area contributed by atoms with E-state index in [1.165, 1.54) is 32.4 Å². The summed E-state index contributed by atoms with van der Waals surface area (Å²) in [5.41, 5.74) is 0. The molecule has 1 fully saturated rings. The fourth-order valence-corrected chi connectivity index (χ4v) is 2.57. The first-order valence-corrected chi connectivity index (χ1v) is 8.41. The normalized spacial score (nSPS) is 19.9. The predicted molar refractivity (Wildman–Crippen MR) is 85.7 cm³/mol. The minimum Gasteiger partial charge on any atom is -0.389 e. The van der Waals surface area contributed by atoms with E-state index in [2.05, 4.69) is 17.1 Å². The van der Waals surface area contributed by atoms with Gasteiger partial charge in [0.05, 0.1) is 32.0 Å². The predicted octanol–water partition coefficient (Wildman–Crippen LogP) is 1.25. The lowest BCUT2D eigenvalue weighted by molar-refractivity contribution is -0.0102. The summed E-state index contributed by atoms with van der Waals surface area (Å²) in [5.74, 6) is 0. The second-order valence-electron chi connectivity index (χ2n) is 6.25. The molecule has 0 radical (unpaired) electrons. The van der Waals surface area contributed by atoms with Gasteiger partial charge in [-0.05, 0) is 46.7 Å². The van der Waals surface area contributed by atoms with Crippen LogP contribution in [0.5, 0.6) is 0 Å². The van der Waals surface area contributed by atoms with Crippen LogP contribution in [0.25, 0.3) is 0 Å². The number of hydrogen-bond acceptors (Lipinski definition) is 5. The molecule has 0 aromatic carbocycles. The molecule has 1 rings (SSSR count). The molecule has 1 aliphatic heterocycles. The summed E-state index contributed by atoms with van der Waals surface area (Å²) < 4.78 is 10.8. The van der Waals surface area contributed by atoms with Gasteiger partial charge in [0, 0.05) is 19.1 Å². The largest absolute Gasteiger partial charge is 0.389 e. The smallest absolute Gasteiger partial charge is 0.0897 e. The van der Waals surface area contributed by atoms with Crippen LogP contribution in [0.3, 0.4) is 0 Å². The number of aliphatic hydroxyl groups is 1. The molecule has 2 atom stereocenters. The zero-order chi connectivity index (χ0) is 15.5. The molecular formula is C16H34N2O3. The van der Waals surface area contributed by atoms with E-state index in [9.17, 15) is 5.11 Å². The first kappa shape index (κ1) is 18.8. The lowest BCUT2D eigenvalue weighted by Gasteiger charge is -2.32. The molecular weight excluding hydrogens is 268 g/mol. The zero-order valence-electron chi connectivity index (χ0n) is 14.0. The van der Waals surface area contributed by atoms with Crippen LogP contribution in [0.4, 0.5) is 0 Å². The average molecular weight is 302 g/mol. The summed E-state index contributed by atoms with van der Waals surface area (Å²) >= 11 is 0. The van der Waals surface area contributed by atoms with Crippen molar-refractivity contribution in [3.05, 3.63) is 0 Å². The summed E-state index contributed by atoms with van der Waals surface area (Å²) in [6.45, 7) is 11.7. The van der Waals surface area contributed by atoms with Crippen molar-refractivity contribution in [3.63, 3.8) is 0 Å². The highest BCUT2D eigenvalue weighted by molar-refractivity contribution is 4.73. The highest BCUT2D eigenvalue weighted by Crippen LogP contribution is 2.11. The van der Waals surface area contributed by atoms with Gasteiger partial charge in [-0.15, -0.1) is 0 Å². The third kappa shape index (κ3) is 9.42. The van der Waals surface area contributed by atoms with Gasteiger partial charge < -0.3 is 19.9 Å². The number of nitrogens with zero attached hydrogens (tertiary/aromatic N) is 1. The van der Waals surface area contributed by atoms with E-state index < -0.39 is 6.10 Å². The summed E-state index contributed by atoms with van der Waals surface area (Å²) in [7, 11) is 0. The summed E-state index contributed by atoms with van der Waals surface area (Å²) in [4.78, 5) is 2.53. The number of aliphatic hydroxyl groups excluding tert-OH is 1. The molecule has 0 aromatic heterocycles. The summed E-state index contributed by atoms with van der Waals surface area (Å²) in [6, 6.07) is 0.540. The van der Waals surface area contributed by atoms with Crippen molar-refractivity contribution in [1.82, 2.24) is 10.2 Å². The minimum absolute atomic E-state index is 0.233. The van der Waals surface area contributed by atoms with Gasteiger partial charge in [-0.3, -0.25) is 4.90 Å². The molecule has 5 heteroatoms. The van der Waals surface area contributed by atoms with Crippen LogP contribution in [0.1, 0.15) is 40.0 Å². The molecule has 0 amide bonds. The van der Waals surface area contributed by atoms with Crippen molar-refractivity contribution >= 4 is 0 Å². The molecule has 0 spiro atoms. The number of likely N-dealkylation sites (tertiary alicyclic amines) is 1. The average Bonchev–Trinajstić information content (AvgIpc) is 2.47. The van der Waals surface area contributed by atoms with Crippen molar-refractivity contribution in [2.75, 3.05) is 46.0 Å². The summed E-state index contributed by atoms with van der Waals surface area (Å²) in [5, 5.41) is 13.2. The second kappa shape index (κ2) is 11.4. The van der Waals surface area contributed by atoms with Crippen LogP contribution in [0, 0.1) is 0 Å². The topological polar surface area (TPSA) is 54.0 Å². The Hall–Kier alpha value is -0.200. The molecule has 0 aliphatic carbocycles. The molecule has 0 aromatic rings. The number of nitrogens with one attached hydrogen (secondary N) is 1. The Morgan fingerprint density at radius 1 is 1.05 bits per heavy atom. The van der Waals surface area contributed by atoms with Gasteiger partial charge in [-0.25, -0.2) is 0 Å². The van der Waals surface area contributed by atoms with Crippen LogP contribution >= 0.6 is 0 Å². The number of ether oxygens (including phenoxy) is 2. The number of piperidine rings is 1. The third-order valence-corrected chi connectivity index (χ3v) is 3.82. The van der Waals surface area contributed by atoms with Crippen LogP contribution in [-0.4, -0.2) is 74.3 Å². The van der Waals surface area contributed by atoms with Gasteiger partial charge in [-0.2, -0.15) is 0 Å². The van der Waals surface area contributed by atoms with Crippen molar-refractivity contribution in [3.8, 4) is 0 Å². The molecule has 0 bridgehead atoms. The SMILES string of the molecule is CC(C)OCCOCC(O)CNCC(C)N1CCCCC1. The first-order chi connectivity index (χ1) is 10.1. The maximum absolute atomic E-state index is 9.84. The molecule has 2 unspecified atom stereocenters. The highest BCUT2D eigenvalue weighted by Gasteiger charge is 2.16. The molecule has 5 nitrogen and oxygen atoms in total. The number of hydrogen-bond donors (Lipinski definition) is 2. The Balaban J connectivity index is 1.95. The highest BCUT2D eigenvalue weighted by atomic mass is 16.5. The van der Waals surface area contributed by atoms with Gasteiger partial charge in [0.15, 0.2) is 0 Å². The van der Waals surface area contributed by atoms with Crippen LogP contribution in [-0.2, 0) is 9.47 Å². The van der Waals surface area contributed by atoms with E-state index >= 15 is 0 Å². The first-order valence-electron chi connectivity index (χ1n) is 8.41. The van der Waals surface area contributed by atoms with Crippen LogP contribution < -0.4 is 5.32 Å². The van der Waals surface area contributed by atoms with E-state index in [1.807, 2.05) is 13.8 Å². The van der Waals surface area contributed by atoms with E-state index in [0.29, 0.717) is 32.4 Å². The second-order valence-corrected chi connectivity index (χ2v) is 6.25. The van der Waals surface area contributed by atoms with E-state index in [1.54, 1.807) is 0 Å². The Morgan fingerprint density at radius 3 is 2.43 bits per heavy atom. The standard InChI is InChI=1S/C16H34N2O3/c1-14(2)21-10-9-20-13-16(19)12-17-11-15(3)18-7-5-4-6-8-18/h14-17,19H,4-13H2,1-3H3. The van der Waals surface area contributed by atoms with Crippen molar-refractivity contribution in [2.24, 2.45) is 0 Å². The molecule has 1 aliphatic rings. The Morgan fingerprint density at radius 2 is 1.76 bits per heavy atom. The lowest BCUT2D eigenvalue weighted by Crippen LogP contribution is -2.44. The van der Waals surface area contributed by atoms with Gasteiger partial charge in [0.1, 0.15) is 0 Å². The maximum Gasteiger partial charge on any atom is 0.0897 e. The van der Waals surface area contributed by atoms with Gasteiger partial charge in [-0.1, -0.05) is 6.42 Å². The number of rotatable bonds is 11. The fourth-order valence-electron chi connectivity index (χ4n) is 2.57. The molecule has 2 N–H and O–H groups in total. The van der Waals surface area contributed by atoms with E-state index in [4.69, 9.17) is 9.47 Å². The van der Waals surface area contributed by atoms with Gasteiger partial charge in [0.2, 0.25) is 0 Å². The third-order valence-electron chi connectivity index (χ3n) is 3.82. The molecule has 1 heterocycles. The van der Waals surface area contributed by atoms with Crippen LogP contribution in [0.2, 0.25) is 0 Å². The van der Waals surface area contributed by atoms with E-state index in [-0.39, 0.29) is 6.10 Å². The molecule has 0 saturated carbocycles. The minimum atomic E-state index is -0.447. The Bertz CT molecular complexity index is 246. The molecule has 21 heavy (non-hydrogen) atoms. The Labute approximate surface area is 130 Å². The quantitative estimate of drug-likeness (QED) is 0.563. The molecule has 126 valence electrons. The van der Waals surface area contributed by atoms with Crippen molar-refractivity contribution in [2.45, 2.75) is 58.3 Å². The summed E-state index contributed by atoms with van der Waals surface area (Å²) in [6.07, 6.45) is 3.79. The van der Waals surface area contributed by atoms with Crippen molar-refractivity contribution < 1.29 is 14.6 Å². The van der Waals surface area contributed by atoms with Crippen molar-refractivity contribution in [1.29, 1.82) is 0 Å². The van der Waals surface area contributed by atoms with Gasteiger partial charge >= 0.3 is 0 Å². The molecule has 1 saturated heterocycles. The van der Waals surface area contributed by atoms with E-state index in [0.717, 1.165) is 6.54 Å². The Kier molecular flexibility index (Phi) is 10.2. The fraction of sp³-hybridized carbons (Fsp3) is 1.00. The zero-order valence-corrected chi connectivity index (χ0v) is 14.0. The maximum atomic E-state index is 9.84. The van der Waals surface area contributed by atoms with Gasteiger partial charge in [0.25, 0.3) is 0 Å². The van der Waals surface area contributed by atoms with Crippen LogP contribution in [0.15, 0.2) is 0 Å². The lowest BCUT2D eigenvalue weighted by atomic mass is 10.1.